The van der Waals surface area contributed by atoms with Crippen LogP contribution in [0.5, 0.6) is 0 Å². The molecule has 0 saturated carbocycles. The fraction of sp³-hybridized carbons (Fsp3) is 0.167. The van der Waals surface area contributed by atoms with Gasteiger partial charge in [-0.15, -0.1) is 5.06 Å². The molecule has 4 rings (SSSR count). The van der Waals surface area contributed by atoms with Crippen LogP contribution in [0.4, 0.5) is 0 Å². The standard InChI is InChI=1S/C18H15N3O3/c1-11-6-7-14-15(10-11)20-16(19-14)8-9-24-21-17(22)12-4-2-3-5-13(12)18(21)23/h2-7,10H,8-9H2,1H3,(H,19,20). The van der Waals surface area contributed by atoms with Gasteiger partial charge in [0.1, 0.15) is 5.82 Å². The molecule has 2 heterocycles. The normalized spacial score (nSPS) is 13.8. The maximum atomic E-state index is 12.2. The van der Waals surface area contributed by atoms with Crippen LogP contribution < -0.4 is 0 Å². The highest BCUT2D eigenvalue weighted by atomic mass is 16.7. The van der Waals surface area contributed by atoms with E-state index in [1.807, 2.05) is 25.1 Å². The first kappa shape index (κ1) is 14.6. The van der Waals surface area contributed by atoms with Crippen LogP contribution in [-0.2, 0) is 11.3 Å². The molecule has 24 heavy (non-hydrogen) atoms. The molecule has 0 radical (unpaired) electrons. The van der Waals surface area contributed by atoms with Crippen LogP contribution in [0.3, 0.4) is 0 Å². The first-order chi connectivity index (χ1) is 11.6. The summed E-state index contributed by atoms with van der Waals surface area (Å²) in [6, 6.07) is 12.7. The van der Waals surface area contributed by atoms with Crippen molar-refractivity contribution in [3.8, 4) is 0 Å². The Kier molecular flexibility index (Phi) is 3.39. The minimum absolute atomic E-state index is 0.185. The Morgan fingerprint density at radius 2 is 1.79 bits per heavy atom. The molecule has 0 bridgehead atoms. The fourth-order valence-electron chi connectivity index (χ4n) is 2.81. The van der Waals surface area contributed by atoms with Gasteiger partial charge in [-0.2, -0.15) is 0 Å². The molecule has 0 atom stereocenters. The number of fused-ring (bicyclic) bond motifs is 2. The molecule has 1 aliphatic rings. The molecular weight excluding hydrogens is 306 g/mol. The summed E-state index contributed by atoms with van der Waals surface area (Å²) in [7, 11) is 0. The molecule has 1 aliphatic heterocycles. The smallest absolute Gasteiger partial charge is 0.285 e. The van der Waals surface area contributed by atoms with E-state index in [-0.39, 0.29) is 6.61 Å². The molecule has 6 nitrogen and oxygen atoms in total. The van der Waals surface area contributed by atoms with Crippen LogP contribution in [0.25, 0.3) is 11.0 Å². The first-order valence-corrected chi connectivity index (χ1v) is 7.69. The molecule has 6 heteroatoms. The Bertz CT molecular complexity index is 926. The van der Waals surface area contributed by atoms with Crippen molar-refractivity contribution in [2.45, 2.75) is 13.3 Å². The van der Waals surface area contributed by atoms with Crippen LogP contribution in [0.15, 0.2) is 42.5 Å². The quantitative estimate of drug-likeness (QED) is 0.750. The van der Waals surface area contributed by atoms with E-state index in [2.05, 4.69) is 9.97 Å². The average molecular weight is 321 g/mol. The summed E-state index contributed by atoms with van der Waals surface area (Å²) in [5.41, 5.74) is 3.76. The van der Waals surface area contributed by atoms with Crippen molar-refractivity contribution in [1.82, 2.24) is 15.0 Å². The Balaban J connectivity index is 1.44. The number of aromatic nitrogens is 2. The predicted molar refractivity (Wildman–Crippen MR) is 87.4 cm³/mol. The molecule has 0 saturated heterocycles. The molecule has 120 valence electrons. The van der Waals surface area contributed by atoms with Gasteiger partial charge in [0, 0.05) is 6.42 Å². The second kappa shape index (κ2) is 5.58. The molecule has 0 fully saturated rings. The maximum Gasteiger partial charge on any atom is 0.285 e. The van der Waals surface area contributed by atoms with E-state index >= 15 is 0 Å². The molecule has 0 aliphatic carbocycles. The topological polar surface area (TPSA) is 75.3 Å². The van der Waals surface area contributed by atoms with Crippen molar-refractivity contribution in [3.05, 3.63) is 65.0 Å². The van der Waals surface area contributed by atoms with Crippen molar-refractivity contribution >= 4 is 22.8 Å². The molecule has 2 amide bonds. The van der Waals surface area contributed by atoms with Crippen molar-refractivity contribution in [1.29, 1.82) is 0 Å². The second-order valence-corrected chi connectivity index (χ2v) is 5.74. The Morgan fingerprint density at radius 1 is 1.08 bits per heavy atom. The van der Waals surface area contributed by atoms with E-state index < -0.39 is 11.8 Å². The Labute approximate surface area is 138 Å². The van der Waals surface area contributed by atoms with E-state index in [4.69, 9.17) is 4.84 Å². The van der Waals surface area contributed by atoms with E-state index in [9.17, 15) is 9.59 Å². The number of rotatable bonds is 4. The monoisotopic (exact) mass is 321 g/mol. The van der Waals surface area contributed by atoms with Gasteiger partial charge in [-0.05, 0) is 36.8 Å². The van der Waals surface area contributed by atoms with E-state index in [0.29, 0.717) is 17.5 Å². The molecule has 0 unspecified atom stereocenters. The van der Waals surface area contributed by atoms with Crippen LogP contribution in [0.1, 0.15) is 32.1 Å². The zero-order valence-corrected chi connectivity index (χ0v) is 13.1. The number of imidazole rings is 1. The van der Waals surface area contributed by atoms with Crippen LogP contribution in [-0.4, -0.2) is 33.5 Å². The highest BCUT2D eigenvalue weighted by Crippen LogP contribution is 2.22. The zero-order chi connectivity index (χ0) is 16.7. The summed E-state index contributed by atoms with van der Waals surface area (Å²) in [6.45, 7) is 2.20. The van der Waals surface area contributed by atoms with E-state index in [1.165, 1.54) is 0 Å². The van der Waals surface area contributed by atoms with Crippen molar-refractivity contribution in [2.75, 3.05) is 6.61 Å². The predicted octanol–water partition coefficient (Wildman–Crippen LogP) is 2.64. The summed E-state index contributed by atoms with van der Waals surface area (Å²) >= 11 is 0. The molecule has 3 aromatic rings. The molecule has 1 N–H and O–H groups in total. The summed E-state index contributed by atoms with van der Waals surface area (Å²) in [5, 5.41) is 0.831. The number of hydrogen-bond acceptors (Lipinski definition) is 4. The van der Waals surface area contributed by atoms with Gasteiger partial charge in [-0.25, -0.2) is 4.98 Å². The number of hydroxylamine groups is 2. The average Bonchev–Trinajstić information content (AvgIpc) is 3.09. The number of H-pyrrole nitrogens is 1. The van der Waals surface area contributed by atoms with Crippen LogP contribution in [0.2, 0.25) is 0 Å². The van der Waals surface area contributed by atoms with Gasteiger partial charge < -0.3 is 4.98 Å². The number of hydrogen-bond donors (Lipinski definition) is 1. The van der Waals surface area contributed by atoms with Crippen LogP contribution in [0, 0.1) is 6.92 Å². The number of amides is 2. The summed E-state index contributed by atoms with van der Waals surface area (Å²) in [5.74, 6) is -0.0844. The third kappa shape index (κ3) is 2.37. The van der Waals surface area contributed by atoms with Gasteiger partial charge in [-0.1, -0.05) is 18.2 Å². The van der Waals surface area contributed by atoms with Crippen LogP contribution >= 0.6 is 0 Å². The SMILES string of the molecule is Cc1ccc2nc(CCON3C(=O)c4ccccc4C3=O)[nH]c2c1. The second-order valence-electron chi connectivity index (χ2n) is 5.74. The summed E-state index contributed by atoms with van der Waals surface area (Å²) in [6.07, 6.45) is 0.473. The van der Waals surface area contributed by atoms with E-state index in [1.54, 1.807) is 24.3 Å². The summed E-state index contributed by atoms with van der Waals surface area (Å²) in [4.78, 5) is 37.5. The number of aryl methyl sites for hydroxylation is 1. The largest absolute Gasteiger partial charge is 0.342 e. The number of carbonyl (C=O) groups is 2. The van der Waals surface area contributed by atoms with Gasteiger partial charge in [0.2, 0.25) is 0 Å². The van der Waals surface area contributed by atoms with Crippen molar-refractivity contribution in [3.63, 3.8) is 0 Å². The maximum absolute atomic E-state index is 12.2. The van der Waals surface area contributed by atoms with Gasteiger partial charge >= 0.3 is 0 Å². The van der Waals surface area contributed by atoms with Crippen molar-refractivity contribution in [2.24, 2.45) is 0 Å². The molecule has 1 aromatic heterocycles. The lowest BCUT2D eigenvalue weighted by Gasteiger charge is -2.12. The van der Waals surface area contributed by atoms with E-state index in [0.717, 1.165) is 27.5 Å². The number of carbonyl (C=O) groups excluding carboxylic acids is 2. The molecule has 2 aromatic carbocycles. The molecular formula is C18H15N3O3. The van der Waals surface area contributed by atoms with Gasteiger partial charge in [-0.3, -0.25) is 14.4 Å². The summed E-state index contributed by atoms with van der Waals surface area (Å²) < 4.78 is 0. The first-order valence-electron chi connectivity index (χ1n) is 7.69. The lowest BCUT2D eigenvalue weighted by Crippen LogP contribution is -2.30. The third-order valence-corrected chi connectivity index (χ3v) is 4.00. The highest BCUT2D eigenvalue weighted by Gasteiger charge is 2.36. The zero-order valence-electron chi connectivity index (χ0n) is 13.1. The lowest BCUT2D eigenvalue weighted by atomic mass is 10.1. The number of nitrogens with one attached hydrogen (secondary N) is 1. The third-order valence-electron chi connectivity index (χ3n) is 4.00. The number of imide groups is 1. The molecule has 0 spiro atoms. The number of benzene rings is 2. The number of nitrogens with zero attached hydrogens (tertiary/aromatic N) is 2. The minimum Gasteiger partial charge on any atom is -0.342 e. The fourth-order valence-corrected chi connectivity index (χ4v) is 2.81. The van der Waals surface area contributed by atoms with Gasteiger partial charge in [0.05, 0.1) is 28.8 Å². The Hall–Kier alpha value is -2.99. The highest BCUT2D eigenvalue weighted by molar-refractivity contribution is 6.20. The van der Waals surface area contributed by atoms with Gasteiger partial charge in [0.15, 0.2) is 0 Å². The lowest BCUT2D eigenvalue weighted by molar-refractivity contribution is -0.0905. The number of aromatic amines is 1. The Morgan fingerprint density at radius 3 is 2.50 bits per heavy atom. The minimum atomic E-state index is -0.421. The van der Waals surface area contributed by atoms with Crippen molar-refractivity contribution < 1.29 is 14.4 Å². The van der Waals surface area contributed by atoms with Gasteiger partial charge in [0.25, 0.3) is 11.8 Å².